The molecule has 0 bridgehead atoms. The van der Waals surface area contributed by atoms with Crippen LogP contribution in [-0.4, -0.2) is 33.2 Å². The number of carbonyl (C=O) groups is 2. The van der Waals surface area contributed by atoms with Gasteiger partial charge in [-0.3, -0.25) is 14.9 Å². The third kappa shape index (κ3) is 4.03. The van der Waals surface area contributed by atoms with Gasteiger partial charge in [-0.25, -0.2) is 4.68 Å². The minimum Gasteiger partial charge on any atom is -0.484 e. The second kappa shape index (κ2) is 7.98. The lowest BCUT2D eigenvalue weighted by molar-refractivity contribution is -0.118. The zero-order valence-corrected chi connectivity index (χ0v) is 17.1. The molecule has 2 N–H and O–H groups in total. The number of hydrogen-bond acceptors (Lipinski definition) is 5. The van der Waals surface area contributed by atoms with Gasteiger partial charge in [0.25, 0.3) is 5.91 Å². The first-order valence-electron chi connectivity index (χ1n) is 9.70. The summed E-state index contributed by atoms with van der Waals surface area (Å²) in [5, 5.41) is 9.82. The highest BCUT2D eigenvalue weighted by molar-refractivity contribution is 5.93. The molecule has 0 saturated heterocycles. The first-order chi connectivity index (χ1) is 14.4. The summed E-state index contributed by atoms with van der Waals surface area (Å²) in [7, 11) is 0. The van der Waals surface area contributed by atoms with Gasteiger partial charge in [-0.2, -0.15) is 10.1 Å². The van der Waals surface area contributed by atoms with Crippen LogP contribution in [0.4, 0.5) is 11.6 Å². The van der Waals surface area contributed by atoms with Crippen molar-refractivity contribution < 1.29 is 14.3 Å². The Balaban J connectivity index is 1.39. The lowest BCUT2D eigenvalue weighted by Crippen LogP contribution is -2.29. The Hall–Kier alpha value is -3.68. The Morgan fingerprint density at radius 2 is 1.90 bits per heavy atom. The second-order valence-electron chi connectivity index (χ2n) is 7.48. The molecule has 0 spiro atoms. The highest BCUT2D eigenvalue weighted by atomic mass is 16.5. The maximum absolute atomic E-state index is 12.3. The van der Waals surface area contributed by atoms with Crippen LogP contribution in [-0.2, 0) is 9.59 Å². The largest absolute Gasteiger partial charge is 0.484 e. The van der Waals surface area contributed by atoms with E-state index in [2.05, 4.69) is 20.7 Å². The zero-order valence-electron chi connectivity index (χ0n) is 17.1. The summed E-state index contributed by atoms with van der Waals surface area (Å²) >= 11 is 0. The molecular weight excluding hydrogens is 382 g/mol. The van der Waals surface area contributed by atoms with Crippen LogP contribution in [0.15, 0.2) is 42.7 Å². The molecule has 8 heteroatoms. The van der Waals surface area contributed by atoms with Gasteiger partial charge >= 0.3 is 0 Å². The van der Waals surface area contributed by atoms with Crippen LogP contribution in [0, 0.1) is 20.8 Å². The number of aryl methyl sites for hydroxylation is 3. The van der Waals surface area contributed by atoms with E-state index in [1.807, 2.05) is 45.0 Å². The number of carbonyl (C=O) groups excluding carboxylic acids is 2. The monoisotopic (exact) mass is 405 g/mol. The number of benzene rings is 2. The van der Waals surface area contributed by atoms with Crippen molar-refractivity contribution in [2.75, 3.05) is 17.2 Å². The third-order valence-electron chi connectivity index (χ3n) is 5.07. The molecule has 2 aromatic carbocycles. The van der Waals surface area contributed by atoms with Gasteiger partial charge in [-0.15, -0.1) is 0 Å². The first kappa shape index (κ1) is 19.6. The van der Waals surface area contributed by atoms with E-state index in [0.29, 0.717) is 11.7 Å². The van der Waals surface area contributed by atoms with E-state index in [1.165, 1.54) is 6.33 Å². The topological polar surface area (TPSA) is 98.1 Å². The minimum absolute atomic E-state index is 0.0921. The van der Waals surface area contributed by atoms with Crippen molar-refractivity contribution in [1.82, 2.24) is 14.8 Å². The van der Waals surface area contributed by atoms with Crippen LogP contribution in [0.3, 0.4) is 0 Å². The molecule has 1 aliphatic heterocycles. The molecule has 3 aromatic rings. The van der Waals surface area contributed by atoms with Crippen molar-refractivity contribution in [2.24, 2.45) is 0 Å². The number of ether oxygens (including phenoxy) is 1. The molecule has 0 aliphatic carbocycles. The summed E-state index contributed by atoms with van der Waals surface area (Å²) in [6.07, 6.45) is 1.70. The smallest absolute Gasteiger partial charge is 0.262 e. The van der Waals surface area contributed by atoms with E-state index in [9.17, 15) is 9.59 Å². The molecule has 4 rings (SSSR count). The number of nitrogens with one attached hydrogen (secondary N) is 2. The molecule has 2 amide bonds. The molecule has 0 fully saturated rings. The van der Waals surface area contributed by atoms with Gasteiger partial charge in [0.1, 0.15) is 12.1 Å². The summed E-state index contributed by atoms with van der Waals surface area (Å²) in [5.74, 6) is 0.699. The minimum atomic E-state index is -0.221. The molecule has 1 aliphatic rings. The predicted octanol–water partition coefficient (Wildman–Crippen LogP) is 3.15. The summed E-state index contributed by atoms with van der Waals surface area (Å²) in [6, 6.07) is 11.2. The Kier molecular flexibility index (Phi) is 5.22. The second-order valence-corrected chi connectivity index (χ2v) is 7.48. The van der Waals surface area contributed by atoms with Crippen LogP contribution in [0.2, 0.25) is 0 Å². The van der Waals surface area contributed by atoms with Crippen LogP contribution >= 0.6 is 0 Å². The van der Waals surface area contributed by atoms with E-state index < -0.39 is 0 Å². The molecule has 0 saturated carbocycles. The van der Waals surface area contributed by atoms with Crippen LogP contribution in [0.25, 0.3) is 0 Å². The highest BCUT2D eigenvalue weighted by Crippen LogP contribution is 2.29. The number of rotatable bonds is 5. The number of hydrogen-bond donors (Lipinski definition) is 2. The van der Waals surface area contributed by atoms with E-state index in [-0.39, 0.29) is 30.9 Å². The SMILES string of the molecule is Cc1cc(C)c(NC(=O)COc2ccc([C@H]3CC(=O)Nc4ncnn43)cc2)c(C)c1. The molecule has 8 nitrogen and oxygen atoms in total. The van der Waals surface area contributed by atoms with Crippen molar-refractivity contribution in [1.29, 1.82) is 0 Å². The average Bonchev–Trinajstić information content (AvgIpc) is 3.17. The third-order valence-corrected chi connectivity index (χ3v) is 5.07. The Bertz CT molecular complexity index is 1080. The van der Waals surface area contributed by atoms with Gasteiger partial charge in [0.15, 0.2) is 6.61 Å². The normalized spacial score (nSPS) is 15.3. The summed E-state index contributed by atoms with van der Waals surface area (Å²) in [6.45, 7) is 5.88. The van der Waals surface area contributed by atoms with Crippen molar-refractivity contribution in [3.8, 4) is 5.75 Å². The van der Waals surface area contributed by atoms with E-state index in [4.69, 9.17) is 4.74 Å². The van der Waals surface area contributed by atoms with E-state index in [1.54, 1.807) is 16.8 Å². The molecule has 1 aromatic heterocycles. The van der Waals surface area contributed by atoms with Gasteiger partial charge < -0.3 is 10.1 Å². The van der Waals surface area contributed by atoms with Crippen molar-refractivity contribution in [3.63, 3.8) is 0 Å². The van der Waals surface area contributed by atoms with Crippen molar-refractivity contribution in [2.45, 2.75) is 33.2 Å². The van der Waals surface area contributed by atoms with Crippen LogP contribution in [0.5, 0.6) is 5.75 Å². The van der Waals surface area contributed by atoms with Crippen LogP contribution in [0.1, 0.15) is 34.7 Å². The van der Waals surface area contributed by atoms with Gasteiger partial charge in [0.05, 0.1) is 12.5 Å². The lowest BCUT2D eigenvalue weighted by Gasteiger charge is -2.23. The summed E-state index contributed by atoms with van der Waals surface area (Å²) in [4.78, 5) is 28.3. The summed E-state index contributed by atoms with van der Waals surface area (Å²) in [5.41, 5.74) is 4.94. The first-order valence-corrected chi connectivity index (χ1v) is 9.70. The van der Waals surface area contributed by atoms with E-state index in [0.717, 1.165) is 27.9 Å². The highest BCUT2D eigenvalue weighted by Gasteiger charge is 2.27. The predicted molar refractivity (Wildman–Crippen MR) is 113 cm³/mol. The lowest BCUT2D eigenvalue weighted by atomic mass is 10.0. The quantitative estimate of drug-likeness (QED) is 0.680. The average molecular weight is 405 g/mol. The molecule has 0 unspecified atom stereocenters. The Morgan fingerprint density at radius 1 is 1.20 bits per heavy atom. The fourth-order valence-electron chi connectivity index (χ4n) is 3.75. The molecule has 30 heavy (non-hydrogen) atoms. The van der Waals surface area contributed by atoms with Gasteiger partial charge in [0.2, 0.25) is 11.9 Å². The number of anilines is 2. The Labute approximate surface area is 174 Å². The van der Waals surface area contributed by atoms with Gasteiger partial charge in [-0.1, -0.05) is 29.8 Å². The van der Waals surface area contributed by atoms with Crippen LogP contribution < -0.4 is 15.4 Å². The van der Waals surface area contributed by atoms with E-state index >= 15 is 0 Å². The number of aromatic nitrogens is 3. The Morgan fingerprint density at radius 3 is 2.60 bits per heavy atom. The number of fused-ring (bicyclic) bond motifs is 1. The van der Waals surface area contributed by atoms with Crippen molar-refractivity contribution in [3.05, 3.63) is 65.0 Å². The molecular formula is C22H23N5O3. The van der Waals surface area contributed by atoms with Gasteiger partial charge in [-0.05, 0) is 49.6 Å². The molecule has 0 radical (unpaired) electrons. The fourth-order valence-corrected chi connectivity index (χ4v) is 3.75. The molecule has 1 atom stereocenters. The number of nitrogens with zero attached hydrogens (tertiary/aromatic N) is 3. The molecule has 154 valence electrons. The summed E-state index contributed by atoms with van der Waals surface area (Å²) < 4.78 is 7.33. The number of amides is 2. The van der Waals surface area contributed by atoms with Gasteiger partial charge in [0, 0.05) is 5.69 Å². The van der Waals surface area contributed by atoms with Crippen molar-refractivity contribution >= 4 is 23.5 Å². The zero-order chi connectivity index (χ0) is 21.3. The molecule has 2 heterocycles. The standard InChI is InChI=1S/C22H23N5O3/c1-13-8-14(2)21(15(3)9-13)25-20(29)11-30-17-6-4-16(5-7-17)18-10-19(28)26-22-23-12-24-27(18)22/h4-9,12,18H,10-11H2,1-3H3,(H,25,29)(H,23,24,26,28)/t18-/m1/s1. The maximum Gasteiger partial charge on any atom is 0.262 e. The maximum atomic E-state index is 12.3. The fraction of sp³-hybridized carbons (Fsp3) is 0.273.